The highest BCUT2D eigenvalue weighted by atomic mass is 35.5. The number of fused-ring (bicyclic) bond motifs is 1. The standard InChI is InChI=1S/C18H17ClN2O3/c19-14-10-13(4-5-15(14)21-7-1-2-8-21)20-18(22)12-3-6-16-17(9-12)24-11-23-16/h3-6,9-10H,1-2,7-8,11H2,(H,20,22). The van der Waals surface area contributed by atoms with Gasteiger partial charge in [0.05, 0.1) is 10.7 Å². The maximum Gasteiger partial charge on any atom is 0.255 e. The summed E-state index contributed by atoms with van der Waals surface area (Å²) in [4.78, 5) is 14.7. The lowest BCUT2D eigenvalue weighted by Gasteiger charge is -2.19. The molecule has 6 heteroatoms. The van der Waals surface area contributed by atoms with E-state index in [0.29, 0.717) is 27.8 Å². The average Bonchev–Trinajstić information content (AvgIpc) is 3.25. The van der Waals surface area contributed by atoms with Crippen LogP contribution in [0.5, 0.6) is 11.5 Å². The van der Waals surface area contributed by atoms with E-state index in [0.717, 1.165) is 18.8 Å². The molecule has 0 saturated carbocycles. The molecule has 4 rings (SSSR count). The summed E-state index contributed by atoms with van der Waals surface area (Å²) in [5, 5.41) is 3.52. The third-order valence-corrected chi connectivity index (χ3v) is 4.59. The summed E-state index contributed by atoms with van der Waals surface area (Å²) in [7, 11) is 0. The Bertz CT molecular complexity index is 788. The third kappa shape index (κ3) is 2.87. The number of rotatable bonds is 3. The maximum atomic E-state index is 12.4. The highest BCUT2D eigenvalue weighted by Gasteiger charge is 2.18. The molecule has 0 aliphatic carbocycles. The van der Waals surface area contributed by atoms with Gasteiger partial charge in [-0.1, -0.05) is 11.6 Å². The first-order valence-electron chi connectivity index (χ1n) is 7.96. The fraction of sp³-hybridized carbons (Fsp3) is 0.278. The SMILES string of the molecule is O=C(Nc1ccc(N2CCCC2)c(Cl)c1)c1ccc2c(c1)OCO2. The number of carbonyl (C=O) groups is 1. The minimum Gasteiger partial charge on any atom is -0.454 e. The van der Waals surface area contributed by atoms with Crippen molar-refractivity contribution in [2.24, 2.45) is 0 Å². The van der Waals surface area contributed by atoms with Gasteiger partial charge in [-0.15, -0.1) is 0 Å². The number of carbonyl (C=O) groups excluding carboxylic acids is 1. The smallest absolute Gasteiger partial charge is 0.255 e. The van der Waals surface area contributed by atoms with Crippen LogP contribution in [0.4, 0.5) is 11.4 Å². The summed E-state index contributed by atoms with van der Waals surface area (Å²) in [5.41, 5.74) is 2.21. The van der Waals surface area contributed by atoms with Gasteiger partial charge in [-0.3, -0.25) is 4.79 Å². The van der Waals surface area contributed by atoms with Crippen molar-refractivity contribution in [1.29, 1.82) is 0 Å². The number of ether oxygens (including phenoxy) is 2. The second kappa shape index (κ2) is 6.24. The molecule has 0 spiro atoms. The third-order valence-electron chi connectivity index (χ3n) is 4.29. The lowest BCUT2D eigenvalue weighted by atomic mass is 10.2. The lowest BCUT2D eigenvalue weighted by molar-refractivity contribution is 0.102. The predicted octanol–water partition coefficient (Wildman–Crippen LogP) is 3.92. The zero-order valence-electron chi connectivity index (χ0n) is 13.0. The largest absolute Gasteiger partial charge is 0.454 e. The molecule has 1 N–H and O–H groups in total. The summed E-state index contributed by atoms with van der Waals surface area (Å²) >= 11 is 6.39. The molecule has 0 atom stereocenters. The van der Waals surface area contributed by atoms with Crippen LogP contribution < -0.4 is 19.7 Å². The van der Waals surface area contributed by atoms with Gasteiger partial charge in [0, 0.05) is 24.3 Å². The molecule has 0 unspecified atom stereocenters. The van der Waals surface area contributed by atoms with Crippen LogP contribution in [0.2, 0.25) is 5.02 Å². The Hall–Kier alpha value is -2.40. The topological polar surface area (TPSA) is 50.8 Å². The van der Waals surface area contributed by atoms with E-state index in [2.05, 4.69) is 10.2 Å². The molecule has 2 aliphatic heterocycles. The van der Waals surface area contributed by atoms with Crippen LogP contribution in [0.15, 0.2) is 36.4 Å². The van der Waals surface area contributed by atoms with Crippen molar-refractivity contribution in [1.82, 2.24) is 0 Å². The summed E-state index contributed by atoms with van der Waals surface area (Å²) in [6.45, 7) is 2.25. The molecule has 2 heterocycles. The van der Waals surface area contributed by atoms with E-state index in [1.54, 1.807) is 24.3 Å². The van der Waals surface area contributed by atoms with E-state index in [1.807, 2.05) is 12.1 Å². The number of hydrogen-bond donors (Lipinski definition) is 1. The number of halogens is 1. The molecule has 2 aromatic carbocycles. The van der Waals surface area contributed by atoms with E-state index in [4.69, 9.17) is 21.1 Å². The second-order valence-corrected chi connectivity index (χ2v) is 6.29. The van der Waals surface area contributed by atoms with Gasteiger partial charge in [-0.25, -0.2) is 0 Å². The summed E-state index contributed by atoms with van der Waals surface area (Å²) in [5.74, 6) is 1.04. The molecule has 1 saturated heterocycles. The molecule has 0 aromatic heterocycles. The van der Waals surface area contributed by atoms with Crippen molar-refractivity contribution < 1.29 is 14.3 Å². The Balaban J connectivity index is 1.50. The van der Waals surface area contributed by atoms with Crippen LogP contribution in [0.1, 0.15) is 23.2 Å². The minimum atomic E-state index is -0.210. The van der Waals surface area contributed by atoms with Crippen molar-refractivity contribution in [3.8, 4) is 11.5 Å². The first-order valence-corrected chi connectivity index (χ1v) is 8.34. The molecule has 0 bridgehead atoms. The molecule has 1 fully saturated rings. The van der Waals surface area contributed by atoms with Crippen LogP contribution in [0.25, 0.3) is 0 Å². The molecule has 2 aromatic rings. The number of hydrogen-bond acceptors (Lipinski definition) is 4. The molecule has 124 valence electrons. The van der Waals surface area contributed by atoms with E-state index in [9.17, 15) is 4.79 Å². The van der Waals surface area contributed by atoms with Gasteiger partial charge in [-0.05, 0) is 49.2 Å². The van der Waals surface area contributed by atoms with Gasteiger partial charge in [0.15, 0.2) is 11.5 Å². The van der Waals surface area contributed by atoms with Gasteiger partial charge in [0.2, 0.25) is 6.79 Å². The summed E-state index contributed by atoms with van der Waals surface area (Å²) in [6.07, 6.45) is 2.39. The van der Waals surface area contributed by atoms with Crippen molar-refractivity contribution in [2.75, 3.05) is 30.1 Å². The summed E-state index contributed by atoms with van der Waals surface area (Å²) < 4.78 is 10.6. The molecule has 5 nitrogen and oxygen atoms in total. The van der Waals surface area contributed by atoms with Gasteiger partial charge >= 0.3 is 0 Å². The zero-order valence-corrected chi connectivity index (χ0v) is 13.8. The van der Waals surface area contributed by atoms with Crippen molar-refractivity contribution >= 4 is 28.9 Å². The number of benzene rings is 2. The van der Waals surface area contributed by atoms with Crippen LogP contribution >= 0.6 is 11.6 Å². The fourth-order valence-electron chi connectivity index (χ4n) is 3.04. The number of nitrogens with one attached hydrogen (secondary N) is 1. The Kier molecular flexibility index (Phi) is 3.94. The number of nitrogens with zero attached hydrogens (tertiary/aromatic N) is 1. The van der Waals surface area contributed by atoms with Crippen molar-refractivity contribution in [2.45, 2.75) is 12.8 Å². The van der Waals surface area contributed by atoms with E-state index in [1.165, 1.54) is 12.8 Å². The van der Waals surface area contributed by atoms with Crippen LogP contribution in [0, 0.1) is 0 Å². The lowest BCUT2D eigenvalue weighted by Crippen LogP contribution is -2.18. The number of amides is 1. The van der Waals surface area contributed by atoms with E-state index in [-0.39, 0.29) is 12.7 Å². The Morgan fingerprint density at radius 2 is 1.83 bits per heavy atom. The minimum absolute atomic E-state index is 0.188. The van der Waals surface area contributed by atoms with Crippen molar-refractivity contribution in [3.63, 3.8) is 0 Å². The highest BCUT2D eigenvalue weighted by Crippen LogP contribution is 2.33. The Morgan fingerprint density at radius 3 is 2.62 bits per heavy atom. The van der Waals surface area contributed by atoms with Gasteiger partial charge < -0.3 is 19.7 Å². The molecular formula is C18H17ClN2O3. The molecule has 1 amide bonds. The molecule has 2 aliphatic rings. The van der Waals surface area contributed by atoms with Crippen LogP contribution in [0.3, 0.4) is 0 Å². The predicted molar refractivity (Wildman–Crippen MR) is 93.4 cm³/mol. The Labute approximate surface area is 145 Å². The Morgan fingerprint density at radius 1 is 1.04 bits per heavy atom. The molecule has 24 heavy (non-hydrogen) atoms. The number of anilines is 2. The van der Waals surface area contributed by atoms with Gasteiger partial charge in [0.1, 0.15) is 0 Å². The molecular weight excluding hydrogens is 328 g/mol. The normalized spacial score (nSPS) is 15.6. The highest BCUT2D eigenvalue weighted by molar-refractivity contribution is 6.33. The van der Waals surface area contributed by atoms with Crippen LogP contribution in [-0.4, -0.2) is 25.8 Å². The van der Waals surface area contributed by atoms with E-state index < -0.39 is 0 Å². The quantitative estimate of drug-likeness (QED) is 0.916. The maximum absolute atomic E-state index is 12.4. The summed E-state index contributed by atoms with van der Waals surface area (Å²) in [6, 6.07) is 10.8. The fourth-order valence-corrected chi connectivity index (χ4v) is 3.34. The monoisotopic (exact) mass is 344 g/mol. The first kappa shape index (κ1) is 15.1. The van der Waals surface area contributed by atoms with Crippen molar-refractivity contribution in [3.05, 3.63) is 47.0 Å². The second-order valence-electron chi connectivity index (χ2n) is 5.88. The first-order chi connectivity index (χ1) is 11.7. The van der Waals surface area contributed by atoms with E-state index >= 15 is 0 Å². The molecule has 0 radical (unpaired) electrons. The van der Waals surface area contributed by atoms with Gasteiger partial charge in [0.25, 0.3) is 5.91 Å². The van der Waals surface area contributed by atoms with Crippen LogP contribution in [-0.2, 0) is 0 Å². The average molecular weight is 345 g/mol. The zero-order chi connectivity index (χ0) is 16.5. The van der Waals surface area contributed by atoms with Gasteiger partial charge in [-0.2, -0.15) is 0 Å².